The van der Waals surface area contributed by atoms with Crippen LogP contribution in [0, 0.1) is 0 Å². The van der Waals surface area contributed by atoms with E-state index in [1.807, 2.05) is 6.92 Å². The fourth-order valence-electron chi connectivity index (χ4n) is 1.23. The number of alkyl halides is 3. The first-order valence-electron chi connectivity index (χ1n) is 4.48. The summed E-state index contributed by atoms with van der Waals surface area (Å²) in [6.07, 6.45) is -3.76. The third-order valence-electron chi connectivity index (χ3n) is 2.17. The summed E-state index contributed by atoms with van der Waals surface area (Å²) in [6.45, 7) is 1.86. The second-order valence-corrected chi connectivity index (χ2v) is 3.66. The van der Waals surface area contributed by atoms with Crippen molar-refractivity contribution in [1.29, 1.82) is 0 Å². The molecule has 0 radical (unpaired) electrons. The van der Waals surface area contributed by atoms with E-state index >= 15 is 0 Å². The largest absolute Gasteiger partial charge is 0.417 e. The van der Waals surface area contributed by atoms with Crippen molar-refractivity contribution in [2.75, 3.05) is 0 Å². The van der Waals surface area contributed by atoms with E-state index in [1.54, 1.807) is 0 Å². The first kappa shape index (κ1) is 15.5. The molecule has 0 aliphatic rings. The fourth-order valence-corrected chi connectivity index (χ4v) is 1.52. The molecule has 0 aromatic heterocycles. The third-order valence-corrected chi connectivity index (χ3v) is 2.48. The molecule has 0 saturated carbocycles. The molecule has 1 atom stereocenters. The van der Waals surface area contributed by atoms with E-state index in [0.29, 0.717) is 12.0 Å². The maximum absolute atomic E-state index is 12.3. The van der Waals surface area contributed by atoms with Crippen molar-refractivity contribution in [3.05, 3.63) is 34.3 Å². The number of rotatable bonds is 2. The SMILES string of the molecule is CCC(N)c1ccc(C(F)(F)F)c(Cl)c1.Cl. The lowest BCUT2D eigenvalue weighted by Gasteiger charge is -2.13. The van der Waals surface area contributed by atoms with Crippen molar-refractivity contribution in [3.63, 3.8) is 0 Å². The fraction of sp³-hybridized carbons (Fsp3) is 0.400. The highest BCUT2D eigenvalue weighted by Gasteiger charge is 2.33. The molecule has 1 unspecified atom stereocenters. The van der Waals surface area contributed by atoms with Crippen LogP contribution in [-0.4, -0.2) is 0 Å². The first-order valence-corrected chi connectivity index (χ1v) is 4.86. The van der Waals surface area contributed by atoms with Gasteiger partial charge in [-0.05, 0) is 24.1 Å². The molecule has 0 heterocycles. The zero-order valence-corrected chi connectivity index (χ0v) is 10.1. The smallest absolute Gasteiger partial charge is 0.324 e. The number of hydrogen-bond donors (Lipinski definition) is 1. The van der Waals surface area contributed by atoms with Crippen molar-refractivity contribution in [1.82, 2.24) is 0 Å². The molecule has 0 aliphatic carbocycles. The van der Waals surface area contributed by atoms with Gasteiger partial charge in [-0.2, -0.15) is 13.2 Å². The van der Waals surface area contributed by atoms with Gasteiger partial charge in [-0.3, -0.25) is 0 Å². The number of nitrogens with two attached hydrogens (primary N) is 1. The van der Waals surface area contributed by atoms with Crippen LogP contribution in [0.1, 0.15) is 30.5 Å². The minimum atomic E-state index is -4.41. The highest BCUT2D eigenvalue weighted by atomic mass is 35.5. The molecule has 1 rings (SSSR count). The van der Waals surface area contributed by atoms with Gasteiger partial charge in [-0.15, -0.1) is 12.4 Å². The van der Waals surface area contributed by atoms with Gasteiger partial charge in [0.2, 0.25) is 0 Å². The van der Waals surface area contributed by atoms with Gasteiger partial charge < -0.3 is 5.73 Å². The van der Waals surface area contributed by atoms with Crippen LogP contribution in [-0.2, 0) is 6.18 Å². The minimum Gasteiger partial charge on any atom is -0.324 e. The normalized spacial score (nSPS) is 13.1. The highest BCUT2D eigenvalue weighted by Crippen LogP contribution is 2.35. The van der Waals surface area contributed by atoms with Gasteiger partial charge in [0.1, 0.15) is 0 Å². The van der Waals surface area contributed by atoms with E-state index in [-0.39, 0.29) is 23.5 Å². The molecular formula is C10H12Cl2F3N. The second-order valence-electron chi connectivity index (χ2n) is 3.25. The van der Waals surface area contributed by atoms with E-state index < -0.39 is 11.7 Å². The molecule has 0 amide bonds. The lowest BCUT2D eigenvalue weighted by Crippen LogP contribution is -2.11. The summed E-state index contributed by atoms with van der Waals surface area (Å²) in [5, 5.41) is -0.302. The lowest BCUT2D eigenvalue weighted by atomic mass is 10.0. The van der Waals surface area contributed by atoms with Gasteiger partial charge in [-0.1, -0.05) is 24.6 Å². The summed E-state index contributed by atoms with van der Waals surface area (Å²) in [4.78, 5) is 0. The monoisotopic (exact) mass is 273 g/mol. The van der Waals surface area contributed by atoms with Crippen molar-refractivity contribution in [2.45, 2.75) is 25.6 Å². The minimum absolute atomic E-state index is 0. The molecule has 6 heteroatoms. The van der Waals surface area contributed by atoms with Gasteiger partial charge in [0, 0.05) is 6.04 Å². The quantitative estimate of drug-likeness (QED) is 0.859. The maximum Gasteiger partial charge on any atom is 0.417 e. The van der Waals surface area contributed by atoms with Crippen LogP contribution in [0.2, 0.25) is 5.02 Å². The Labute approximate surface area is 103 Å². The summed E-state index contributed by atoms with van der Waals surface area (Å²) < 4.78 is 37.0. The Morgan fingerprint density at radius 1 is 1.38 bits per heavy atom. The van der Waals surface area contributed by atoms with Crippen LogP contribution < -0.4 is 5.73 Å². The highest BCUT2D eigenvalue weighted by molar-refractivity contribution is 6.31. The number of benzene rings is 1. The van der Waals surface area contributed by atoms with Gasteiger partial charge in [0.25, 0.3) is 0 Å². The Kier molecular flexibility index (Phi) is 5.59. The predicted octanol–water partition coefficient (Wildman–Crippen LogP) is 4.19. The molecule has 0 bridgehead atoms. The van der Waals surface area contributed by atoms with Crippen LogP contribution in [0.4, 0.5) is 13.2 Å². The zero-order chi connectivity index (χ0) is 11.6. The standard InChI is InChI=1S/C10H11ClF3N.ClH/c1-2-9(15)6-3-4-7(8(11)5-6)10(12,13)14;/h3-5,9H,2,15H2,1H3;1H. The van der Waals surface area contributed by atoms with E-state index in [9.17, 15) is 13.2 Å². The molecule has 16 heavy (non-hydrogen) atoms. The van der Waals surface area contributed by atoms with Crippen LogP contribution in [0.5, 0.6) is 0 Å². The molecule has 0 saturated heterocycles. The Hall–Kier alpha value is -0.450. The molecule has 1 aromatic carbocycles. The Bertz CT molecular complexity index is 352. The lowest BCUT2D eigenvalue weighted by molar-refractivity contribution is -0.137. The molecule has 1 nitrogen and oxygen atoms in total. The van der Waals surface area contributed by atoms with Gasteiger partial charge in [-0.25, -0.2) is 0 Å². The molecule has 0 fully saturated rings. The van der Waals surface area contributed by atoms with Crippen molar-refractivity contribution < 1.29 is 13.2 Å². The Morgan fingerprint density at radius 3 is 2.31 bits per heavy atom. The second kappa shape index (κ2) is 5.75. The van der Waals surface area contributed by atoms with Gasteiger partial charge in [0.05, 0.1) is 10.6 Å². The average Bonchev–Trinajstić information content (AvgIpc) is 2.14. The molecule has 0 aliphatic heterocycles. The van der Waals surface area contributed by atoms with Gasteiger partial charge in [0.15, 0.2) is 0 Å². The van der Waals surface area contributed by atoms with E-state index in [0.717, 1.165) is 6.07 Å². The Morgan fingerprint density at radius 2 is 1.94 bits per heavy atom. The molecule has 92 valence electrons. The summed E-state index contributed by atoms with van der Waals surface area (Å²) in [6, 6.07) is 3.33. The van der Waals surface area contributed by atoms with Gasteiger partial charge >= 0.3 is 6.18 Å². The van der Waals surface area contributed by atoms with Crippen molar-refractivity contribution in [2.24, 2.45) is 5.73 Å². The molecule has 1 aromatic rings. The number of hydrogen-bond acceptors (Lipinski definition) is 1. The van der Waals surface area contributed by atoms with Crippen molar-refractivity contribution in [3.8, 4) is 0 Å². The summed E-state index contributed by atoms with van der Waals surface area (Å²) >= 11 is 5.54. The molecule has 2 N–H and O–H groups in total. The molecule has 0 spiro atoms. The first-order chi connectivity index (χ1) is 6.86. The zero-order valence-electron chi connectivity index (χ0n) is 8.51. The van der Waals surface area contributed by atoms with Crippen LogP contribution in [0.25, 0.3) is 0 Å². The summed E-state index contributed by atoms with van der Waals surface area (Å²) in [5.74, 6) is 0. The summed E-state index contributed by atoms with van der Waals surface area (Å²) in [7, 11) is 0. The van der Waals surface area contributed by atoms with Crippen LogP contribution in [0.15, 0.2) is 18.2 Å². The molecular weight excluding hydrogens is 262 g/mol. The van der Waals surface area contributed by atoms with Crippen LogP contribution in [0.3, 0.4) is 0 Å². The van der Waals surface area contributed by atoms with Crippen LogP contribution >= 0.6 is 24.0 Å². The van der Waals surface area contributed by atoms with Crippen molar-refractivity contribution >= 4 is 24.0 Å². The van der Waals surface area contributed by atoms with E-state index in [2.05, 4.69) is 0 Å². The summed E-state index contributed by atoms with van der Waals surface area (Å²) in [5.41, 5.74) is 5.48. The topological polar surface area (TPSA) is 26.0 Å². The van der Waals surface area contributed by atoms with E-state index in [1.165, 1.54) is 12.1 Å². The van der Waals surface area contributed by atoms with E-state index in [4.69, 9.17) is 17.3 Å². The Balaban J connectivity index is 0.00000225. The third kappa shape index (κ3) is 3.54. The predicted molar refractivity (Wildman–Crippen MR) is 60.9 cm³/mol. The number of halogens is 5. The average molecular weight is 274 g/mol. The maximum atomic E-state index is 12.3.